The maximum Gasteiger partial charge on any atom is 0.269 e. The number of aromatic nitrogens is 2. The molecular formula is C15H23N5O3. The van der Waals surface area contributed by atoms with E-state index in [1.807, 2.05) is 4.90 Å². The van der Waals surface area contributed by atoms with Crippen LogP contribution in [0.3, 0.4) is 0 Å². The number of piperazine rings is 1. The third-order valence-corrected chi connectivity index (χ3v) is 4.87. The minimum absolute atomic E-state index is 0.0381. The molecule has 2 fully saturated rings. The van der Waals surface area contributed by atoms with Crippen molar-refractivity contribution in [3.05, 3.63) is 18.0 Å². The summed E-state index contributed by atoms with van der Waals surface area (Å²) in [7, 11) is 0. The highest BCUT2D eigenvalue weighted by Gasteiger charge is 2.40. The quantitative estimate of drug-likeness (QED) is 0.676. The molecule has 1 aromatic heterocycles. The first-order chi connectivity index (χ1) is 11.1. The molecule has 2 heterocycles. The molecule has 8 nitrogen and oxygen atoms in total. The molecular weight excluding hydrogens is 298 g/mol. The van der Waals surface area contributed by atoms with E-state index < -0.39 is 6.10 Å². The van der Waals surface area contributed by atoms with E-state index in [2.05, 4.69) is 20.4 Å². The molecule has 0 bridgehead atoms. The van der Waals surface area contributed by atoms with E-state index in [4.69, 9.17) is 0 Å². The van der Waals surface area contributed by atoms with Crippen molar-refractivity contribution in [3.8, 4) is 0 Å². The van der Waals surface area contributed by atoms with Crippen LogP contribution in [0.1, 0.15) is 30.3 Å². The lowest BCUT2D eigenvalue weighted by Gasteiger charge is -2.39. The van der Waals surface area contributed by atoms with Crippen LogP contribution in [0.25, 0.3) is 0 Å². The normalized spacial score (nSPS) is 28.8. The molecule has 0 unspecified atom stereocenters. The molecule has 0 spiro atoms. The van der Waals surface area contributed by atoms with E-state index in [0.29, 0.717) is 18.8 Å². The van der Waals surface area contributed by atoms with Gasteiger partial charge in [0.15, 0.2) is 0 Å². The molecule has 1 saturated carbocycles. The number of nitrogens with zero attached hydrogens (tertiary/aromatic N) is 3. The molecule has 0 aromatic carbocycles. The smallest absolute Gasteiger partial charge is 0.269 e. The second-order valence-corrected chi connectivity index (χ2v) is 6.23. The molecule has 8 heteroatoms. The van der Waals surface area contributed by atoms with Gasteiger partial charge < -0.3 is 15.3 Å². The molecule has 2 amide bonds. The van der Waals surface area contributed by atoms with Crippen LogP contribution in [0.15, 0.2) is 12.3 Å². The van der Waals surface area contributed by atoms with Crippen LogP contribution < -0.4 is 5.32 Å². The summed E-state index contributed by atoms with van der Waals surface area (Å²) in [5.74, 6) is -0.144. The monoisotopic (exact) mass is 321 g/mol. The topological polar surface area (TPSA) is 102 Å². The summed E-state index contributed by atoms with van der Waals surface area (Å²) in [6.45, 7) is 4.51. The summed E-state index contributed by atoms with van der Waals surface area (Å²) < 4.78 is 0. The van der Waals surface area contributed by atoms with Gasteiger partial charge in [-0.1, -0.05) is 0 Å². The van der Waals surface area contributed by atoms with Crippen molar-refractivity contribution >= 4 is 11.8 Å². The molecule has 2 aliphatic rings. The molecule has 1 aliphatic heterocycles. The van der Waals surface area contributed by atoms with Crippen LogP contribution in [0, 0.1) is 0 Å². The van der Waals surface area contributed by atoms with Gasteiger partial charge in [-0.2, -0.15) is 5.10 Å². The third-order valence-electron chi connectivity index (χ3n) is 4.87. The lowest BCUT2D eigenvalue weighted by Crippen LogP contribution is -2.55. The molecule has 1 saturated heterocycles. The van der Waals surface area contributed by atoms with Gasteiger partial charge in [0.05, 0.1) is 12.1 Å². The predicted molar refractivity (Wildman–Crippen MR) is 82.7 cm³/mol. The predicted octanol–water partition coefficient (Wildman–Crippen LogP) is -0.804. The zero-order chi connectivity index (χ0) is 16.4. The number of amides is 2. The first kappa shape index (κ1) is 15.9. The Kier molecular flexibility index (Phi) is 4.63. The van der Waals surface area contributed by atoms with Crippen LogP contribution in [0.5, 0.6) is 0 Å². The minimum Gasteiger partial charge on any atom is -0.389 e. The average molecular weight is 321 g/mol. The van der Waals surface area contributed by atoms with Crippen LogP contribution >= 0.6 is 0 Å². The van der Waals surface area contributed by atoms with Crippen molar-refractivity contribution in [2.45, 2.75) is 38.0 Å². The fourth-order valence-electron chi connectivity index (χ4n) is 3.51. The van der Waals surface area contributed by atoms with E-state index in [9.17, 15) is 14.7 Å². The van der Waals surface area contributed by atoms with Gasteiger partial charge in [0.1, 0.15) is 5.69 Å². The summed E-state index contributed by atoms with van der Waals surface area (Å²) in [4.78, 5) is 27.5. The van der Waals surface area contributed by atoms with E-state index in [-0.39, 0.29) is 23.9 Å². The molecule has 1 aromatic rings. The number of aliphatic hydroxyl groups is 1. The number of carbonyl (C=O) groups excluding carboxylic acids is 2. The second kappa shape index (κ2) is 6.67. The molecule has 0 radical (unpaired) electrons. The highest BCUT2D eigenvalue weighted by Crippen LogP contribution is 2.26. The highest BCUT2D eigenvalue weighted by molar-refractivity contribution is 5.92. The van der Waals surface area contributed by atoms with Crippen molar-refractivity contribution in [1.82, 2.24) is 25.3 Å². The fraction of sp³-hybridized carbons (Fsp3) is 0.667. The van der Waals surface area contributed by atoms with Crippen molar-refractivity contribution in [2.24, 2.45) is 0 Å². The third kappa shape index (κ3) is 3.37. The number of rotatable bonds is 3. The van der Waals surface area contributed by atoms with E-state index >= 15 is 0 Å². The summed E-state index contributed by atoms with van der Waals surface area (Å²) in [6.07, 6.45) is 2.52. The first-order valence-corrected chi connectivity index (χ1v) is 8.04. The zero-order valence-corrected chi connectivity index (χ0v) is 13.2. The SMILES string of the molecule is CC(=O)N1CCN([C@@H]2CC[C@@H](NC(=O)c3ccn[nH]3)[C@H]2O)CC1. The van der Waals surface area contributed by atoms with Gasteiger partial charge in [-0.05, 0) is 18.9 Å². The Morgan fingerprint density at radius 2 is 2.04 bits per heavy atom. The summed E-state index contributed by atoms with van der Waals surface area (Å²) in [5, 5.41) is 19.8. The van der Waals surface area contributed by atoms with E-state index in [1.54, 1.807) is 13.0 Å². The number of aliphatic hydroxyl groups excluding tert-OH is 1. The van der Waals surface area contributed by atoms with Gasteiger partial charge in [0.2, 0.25) is 5.91 Å². The molecule has 3 rings (SSSR count). The minimum atomic E-state index is -0.592. The van der Waals surface area contributed by atoms with E-state index in [0.717, 1.165) is 25.9 Å². The van der Waals surface area contributed by atoms with Gasteiger partial charge in [-0.25, -0.2) is 0 Å². The van der Waals surface area contributed by atoms with Crippen LogP contribution in [-0.2, 0) is 4.79 Å². The summed E-state index contributed by atoms with van der Waals surface area (Å²) >= 11 is 0. The number of nitrogens with one attached hydrogen (secondary N) is 2. The van der Waals surface area contributed by atoms with Crippen LogP contribution in [0.4, 0.5) is 0 Å². The number of H-pyrrole nitrogens is 1. The van der Waals surface area contributed by atoms with Gasteiger partial charge in [0.25, 0.3) is 5.91 Å². The second-order valence-electron chi connectivity index (χ2n) is 6.23. The summed E-state index contributed by atoms with van der Waals surface area (Å²) in [5.41, 5.74) is 0.399. The molecule has 3 atom stereocenters. The fourth-order valence-corrected chi connectivity index (χ4v) is 3.51. The Morgan fingerprint density at radius 3 is 2.65 bits per heavy atom. The number of hydrogen-bond acceptors (Lipinski definition) is 5. The highest BCUT2D eigenvalue weighted by atomic mass is 16.3. The zero-order valence-electron chi connectivity index (χ0n) is 13.2. The maximum absolute atomic E-state index is 12.1. The standard InChI is InChI=1S/C15H23N5O3/c1-10(21)19-6-8-20(9-7-19)13-3-2-11(14(13)22)17-15(23)12-4-5-16-18-12/h4-5,11,13-14,22H,2-3,6-9H2,1H3,(H,16,18)(H,17,23)/t11-,13-,14-/m1/s1. The Balaban J connectivity index is 1.54. The van der Waals surface area contributed by atoms with Gasteiger partial charge >= 0.3 is 0 Å². The van der Waals surface area contributed by atoms with Crippen LogP contribution in [0.2, 0.25) is 0 Å². The Morgan fingerprint density at radius 1 is 1.30 bits per heavy atom. The summed E-state index contributed by atoms with van der Waals surface area (Å²) in [6, 6.07) is 1.40. The van der Waals surface area contributed by atoms with Crippen LogP contribution in [-0.4, -0.2) is 81.3 Å². The lowest BCUT2D eigenvalue weighted by molar-refractivity contribution is -0.131. The van der Waals surface area contributed by atoms with Crippen molar-refractivity contribution in [2.75, 3.05) is 26.2 Å². The Labute approximate surface area is 134 Å². The van der Waals surface area contributed by atoms with Gasteiger partial charge in [-0.15, -0.1) is 0 Å². The number of aromatic amines is 1. The first-order valence-electron chi connectivity index (χ1n) is 8.04. The molecule has 3 N–H and O–H groups in total. The van der Waals surface area contributed by atoms with Crippen molar-refractivity contribution in [1.29, 1.82) is 0 Å². The Bertz CT molecular complexity index is 553. The largest absolute Gasteiger partial charge is 0.389 e. The van der Waals surface area contributed by atoms with Gasteiger partial charge in [0, 0.05) is 45.3 Å². The molecule has 23 heavy (non-hydrogen) atoms. The van der Waals surface area contributed by atoms with Gasteiger partial charge in [-0.3, -0.25) is 19.6 Å². The van der Waals surface area contributed by atoms with Crippen molar-refractivity contribution in [3.63, 3.8) is 0 Å². The Hall–Kier alpha value is -1.93. The lowest BCUT2D eigenvalue weighted by atomic mass is 10.1. The molecule has 126 valence electrons. The van der Waals surface area contributed by atoms with Crippen molar-refractivity contribution < 1.29 is 14.7 Å². The number of carbonyl (C=O) groups is 2. The molecule has 1 aliphatic carbocycles. The van der Waals surface area contributed by atoms with E-state index in [1.165, 1.54) is 6.20 Å². The number of hydrogen-bond donors (Lipinski definition) is 3. The maximum atomic E-state index is 12.1. The average Bonchev–Trinajstić information content (AvgIpc) is 3.19.